The quantitative estimate of drug-likeness (QED) is 0.688. The van der Waals surface area contributed by atoms with Crippen LogP contribution < -0.4 is 5.32 Å². The largest absolute Gasteiger partial charge is 0.469 e. The fourth-order valence-corrected chi connectivity index (χ4v) is 3.22. The second kappa shape index (κ2) is 8.01. The van der Waals surface area contributed by atoms with Crippen molar-refractivity contribution in [3.63, 3.8) is 0 Å². The molecule has 1 saturated heterocycles. The van der Waals surface area contributed by atoms with Gasteiger partial charge in [0, 0.05) is 39.3 Å². The number of halogens is 1. The highest BCUT2D eigenvalue weighted by atomic mass is 35.5. The van der Waals surface area contributed by atoms with Gasteiger partial charge < -0.3 is 10.1 Å². The average Bonchev–Trinajstić information content (AvgIpc) is 2.35. The Morgan fingerprint density at radius 2 is 2.16 bits per heavy atom. The van der Waals surface area contributed by atoms with Gasteiger partial charge in [-0.15, -0.1) is 12.4 Å². The molecule has 1 aliphatic heterocycles. The van der Waals surface area contributed by atoms with Crippen molar-refractivity contribution >= 4 is 28.6 Å². The van der Waals surface area contributed by atoms with Crippen molar-refractivity contribution in [3.8, 4) is 0 Å². The lowest BCUT2D eigenvalue weighted by Crippen LogP contribution is -2.54. The van der Waals surface area contributed by atoms with Crippen LogP contribution in [0.1, 0.15) is 13.3 Å². The number of carbonyl (C=O) groups excluding carboxylic acids is 1. The minimum absolute atomic E-state index is 0. The maximum atomic E-state index is 12.2. The molecule has 1 unspecified atom stereocenters. The van der Waals surface area contributed by atoms with E-state index in [0.29, 0.717) is 19.6 Å². The number of methoxy groups -OCH3 is 1. The van der Waals surface area contributed by atoms with Gasteiger partial charge in [-0.05, 0) is 6.92 Å². The molecule has 1 aliphatic rings. The molecule has 1 rings (SSSR count). The van der Waals surface area contributed by atoms with Crippen LogP contribution in [0.15, 0.2) is 0 Å². The molecule has 0 aliphatic carbocycles. The molecule has 0 aromatic rings. The van der Waals surface area contributed by atoms with Gasteiger partial charge in [0.15, 0.2) is 0 Å². The van der Waals surface area contributed by atoms with E-state index in [0.717, 1.165) is 0 Å². The van der Waals surface area contributed by atoms with Crippen LogP contribution in [0.4, 0.5) is 0 Å². The Bertz CT molecular complexity index is 390. The van der Waals surface area contributed by atoms with E-state index >= 15 is 0 Å². The molecule has 0 amide bonds. The Kier molecular flexibility index (Phi) is 7.83. The van der Waals surface area contributed by atoms with Gasteiger partial charge in [0.05, 0.1) is 13.5 Å². The van der Waals surface area contributed by atoms with E-state index in [1.54, 1.807) is 0 Å². The van der Waals surface area contributed by atoms with Crippen molar-refractivity contribution in [2.75, 3.05) is 40.3 Å². The topological polar surface area (TPSA) is 79.0 Å². The monoisotopic (exact) mass is 315 g/mol. The molecule has 1 atom stereocenters. The minimum Gasteiger partial charge on any atom is -0.469 e. The SMILES string of the molecule is COC(=O)CCN(C)S(=O)(=O)N1CCNC(C)C1.Cl. The summed E-state index contributed by atoms with van der Waals surface area (Å²) in [5, 5.41) is 3.18. The van der Waals surface area contributed by atoms with E-state index in [1.807, 2.05) is 6.92 Å². The van der Waals surface area contributed by atoms with Crippen LogP contribution in [0.25, 0.3) is 0 Å². The lowest BCUT2D eigenvalue weighted by molar-refractivity contribution is -0.140. The molecule has 1 N–H and O–H groups in total. The number of esters is 1. The molecule has 0 aromatic heterocycles. The smallest absolute Gasteiger partial charge is 0.306 e. The normalized spacial score (nSPS) is 20.9. The Hall–Kier alpha value is -0.410. The number of hydrogen-bond donors (Lipinski definition) is 1. The van der Waals surface area contributed by atoms with E-state index in [9.17, 15) is 13.2 Å². The molecule has 0 aromatic carbocycles. The average molecular weight is 316 g/mol. The summed E-state index contributed by atoms with van der Waals surface area (Å²) in [5.41, 5.74) is 0. The number of ether oxygens (including phenoxy) is 1. The Labute approximate surface area is 120 Å². The lowest BCUT2D eigenvalue weighted by atomic mass is 10.3. The van der Waals surface area contributed by atoms with Crippen LogP contribution >= 0.6 is 12.4 Å². The zero-order valence-electron chi connectivity index (χ0n) is 11.5. The number of piperazine rings is 1. The van der Waals surface area contributed by atoms with E-state index in [1.165, 1.54) is 22.8 Å². The molecular formula is C10H22ClN3O4S. The molecule has 9 heteroatoms. The number of nitrogens with one attached hydrogen (secondary N) is 1. The maximum absolute atomic E-state index is 12.2. The molecule has 114 valence electrons. The third-order valence-electron chi connectivity index (χ3n) is 2.91. The lowest BCUT2D eigenvalue weighted by Gasteiger charge is -2.33. The maximum Gasteiger partial charge on any atom is 0.306 e. The molecular weight excluding hydrogens is 294 g/mol. The zero-order chi connectivity index (χ0) is 13.8. The molecule has 0 bridgehead atoms. The summed E-state index contributed by atoms with van der Waals surface area (Å²) in [6.45, 7) is 3.62. The van der Waals surface area contributed by atoms with Crippen LogP contribution in [0.2, 0.25) is 0 Å². The van der Waals surface area contributed by atoms with Crippen molar-refractivity contribution in [2.45, 2.75) is 19.4 Å². The fraction of sp³-hybridized carbons (Fsp3) is 0.900. The molecule has 1 fully saturated rings. The Morgan fingerprint density at radius 3 is 2.68 bits per heavy atom. The van der Waals surface area contributed by atoms with Gasteiger partial charge in [-0.3, -0.25) is 4.79 Å². The highest BCUT2D eigenvalue weighted by Crippen LogP contribution is 2.10. The first-order valence-corrected chi connectivity index (χ1v) is 7.29. The third kappa shape index (κ3) is 5.23. The van der Waals surface area contributed by atoms with Gasteiger partial charge in [-0.1, -0.05) is 0 Å². The second-order valence-electron chi connectivity index (χ2n) is 4.37. The zero-order valence-corrected chi connectivity index (χ0v) is 13.1. The van der Waals surface area contributed by atoms with Gasteiger partial charge in [-0.2, -0.15) is 17.0 Å². The highest BCUT2D eigenvalue weighted by molar-refractivity contribution is 7.86. The standard InChI is InChI=1S/C10H21N3O4S.ClH/c1-9-8-13(7-5-11-9)18(15,16)12(2)6-4-10(14)17-3;/h9,11H,4-8H2,1-3H3;1H. The second-order valence-corrected chi connectivity index (χ2v) is 6.40. The Morgan fingerprint density at radius 1 is 1.53 bits per heavy atom. The van der Waals surface area contributed by atoms with E-state index in [4.69, 9.17) is 0 Å². The van der Waals surface area contributed by atoms with E-state index in [2.05, 4.69) is 10.1 Å². The van der Waals surface area contributed by atoms with Crippen LogP contribution in [0, 0.1) is 0 Å². The summed E-state index contributed by atoms with van der Waals surface area (Å²) in [7, 11) is -0.716. The first kappa shape index (κ1) is 18.6. The highest BCUT2D eigenvalue weighted by Gasteiger charge is 2.30. The molecule has 0 radical (unpaired) electrons. The van der Waals surface area contributed by atoms with Gasteiger partial charge in [0.2, 0.25) is 0 Å². The number of nitrogens with zero attached hydrogens (tertiary/aromatic N) is 2. The Balaban J connectivity index is 0.00000324. The van der Waals surface area contributed by atoms with Crippen molar-refractivity contribution in [2.24, 2.45) is 0 Å². The van der Waals surface area contributed by atoms with Gasteiger partial charge in [0.25, 0.3) is 10.2 Å². The number of rotatable bonds is 5. The van der Waals surface area contributed by atoms with Crippen molar-refractivity contribution in [1.29, 1.82) is 0 Å². The summed E-state index contributed by atoms with van der Waals surface area (Å²) in [4.78, 5) is 11.0. The van der Waals surface area contributed by atoms with E-state index < -0.39 is 16.2 Å². The molecule has 1 heterocycles. The predicted octanol–water partition coefficient (Wildman–Crippen LogP) is -0.558. The van der Waals surface area contributed by atoms with Crippen LogP contribution in [0.3, 0.4) is 0 Å². The molecule has 0 saturated carbocycles. The summed E-state index contributed by atoms with van der Waals surface area (Å²) in [6.07, 6.45) is 0.0634. The number of carbonyl (C=O) groups is 1. The van der Waals surface area contributed by atoms with Crippen molar-refractivity contribution < 1.29 is 17.9 Å². The van der Waals surface area contributed by atoms with Gasteiger partial charge in [-0.25, -0.2) is 0 Å². The summed E-state index contributed by atoms with van der Waals surface area (Å²) in [5.74, 6) is -0.411. The molecule has 0 spiro atoms. The predicted molar refractivity (Wildman–Crippen MR) is 74.5 cm³/mol. The summed E-state index contributed by atoms with van der Waals surface area (Å²) < 4.78 is 31.5. The van der Waals surface area contributed by atoms with Crippen LogP contribution in [0.5, 0.6) is 0 Å². The van der Waals surface area contributed by atoms with Crippen LogP contribution in [-0.2, 0) is 19.7 Å². The van der Waals surface area contributed by atoms with Crippen LogP contribution in [-0.4, -0.2) is 69.4 Å². The van der Waals surface area contributed by atoms with Crippen molar-refractivity contribution in [3.05, 3.63) is 0 Å². The summed E-state index contributed by atoms with van der Waals surface area (Å²) in [6, 6.07) is 0.141. The minimum atomic E-state index is -3.48. The summed E-state index contributed by atoms with van der Waals surface area (Å²) >= 11 is 0. The van der Waals surface area contributed by atoms with Gasteiger partial charge >= 0.3 is 5.97 Å². The van der Waals surface area contributed by atoms with Crippen molar-refractivity contribution in [1.82, 2.24) is 13.9 Å². The fourth-order valence-electron chi connectivity index (χ4n) is 1.77. The molecule has 19 heavy (non-hydrogen) atoms. The first-order chi connectivity index (χ1) is 8.37. The van der Waals surface area contributed by atoms with Gasteiger partial charge in [0.1, 0.15) is 0 Å². The number of hydrogen-bond acceptors (Lipinski definition) is 5. The molecule has 7 nitrogen and oxygen atoms in total. The third-order valence-corrected chi connectivity index (χ3v) is 4.86. The van der Waals surface area contributed by atoms with E-state index in [-0.39, 0.29) is 31.4 Å². The first-order valence-electron chi connectivity index (χ1n) is 5.89.